The quantitative estimate of drug-likeness (QED) is 0.397. The van der Waals surface area contributed by atoms with E-state index in [4.69, 9.17) is 11.6 Å². The lowest BCUT2D eigenvalue weighted by molar-refractivity contribution is 0.0930. The molecule has 1 aromatic carbocycles. The van der Waals surface area contributed by atoms with Gasteiger partial charge in [-0.2, -0.15) is 0 Å². The number of rotatable bonds is 7. The first-order valence-electron chi connectivity index (χ1n) is 9.74. The van der Waals surface area contributed by atoms with E-state index >= 15 is 0 Å². The minimum Gasteiger partial charge on any atom is -0.356 e. The van der Waals surface area contributed by atoms with Gasteiger partial charge in [-0.3, -0.25) is 4.79 Å². The van der Waals surface area contributed by atoms with Crippen molar-refractivity contribution in [2.24, 2.45) is 5.92 Å². The molecule has 2 aromatic rings. The van der Waals surface area contributed by atoms with E-state index < -0.39 is 0 Å². The molecule has 0 spiro atoms. The molecular weight excluding hydrogens is 392 g/mol. The van der Waals surface area contributed by atoms with Crippen LogP contribution in [0.3, 0.4) is 0 Å². The molecule has 0 saturated carbocycles. The average Bonchev–Trinajstić information content (AvgIpc) is 3.21. The molecule has 1 aromatic heterocycles. The van der Waals surface area contributed by atoms with Gasteiger partial charge in [0, 0.05) is 36.5 Å². The molecule has 1 N–H and O–H groups in total. The van der Waals surface area contributed by atoms with Gasteiger partial charge in [0.05, 0.1) is 0 Å². The molecule has 1 unspecified atom stereocenters. The van der Waals surface area contributed by atoms with Crippen LogP contribution < -0.4 is 10.2 Å². The minimum atomic E-state index is -0.0385. The van der Waals surface area contributed by atoms with Crippen molar-refractivity contribution < 1.29 is 4.79 Å². The number of anilines is 1. The van der Waals surface area contributed by atoms with Crippen molar-refractivity contribution in [1.29, 1.82) is 0 Å². The van der Waals surface area contributed by atoms with E-state index in [1.807, 2.05) is 37.3 Å². The molecule has 1 saturated heterocycles. The number of thioether (sulfide) groups is 1. The lowest BCUT2D eigenvalue weighted by Gasteiger charge is -2.17. The number of carbonyl (C=O) groups is 1. The number of nitrogens with zero attached hydrogens (tertiary/aromatic N) is 3. The lowest BCUT2D eigenvalue weighted by Crippen LogP contribution is -2.36. The van der Waals surface area contributed by atoms with Crippen LogP contribution in [-0.2, 0) is 5.75 Å². The Morgan fingerprint density at radius 2 is 1.96 bits per heavy atom. The monoisotopic (exact) mass is 418 g/mol. The van der Waals surface area contributed by atoms with Gasteiger partial charge in [0.1, 0.15) is 11.0 Å². The van der Waals surface area contributed by atoms with Crippen LogP contribution in [-0.4, -0.2) is 35.0 Å². The standard InChI is InChI=1S/C21H27ClN4OS/c1-14(2)15(3)23-20(27)17-8-6-7-16(11-17)13-28-21-24-18(22)12-19(25-21)26-9-4-5-10-26/h6-8,11-12,14-15H,4-5,9-10,13H2,1-3H3,(H,23,27). The third kappa shape index (κ3) is 5.61. The SMILES string of the molecule is CC(C)C(C)NC(=O)c1cccc(CSc2nc(Cl)cc(N3CCCC3)n2)c1. The summed E-state index contributed by atoms with van der Waals surface area (Å²) >= 11 is 7.74. The van der Waals surface area contributed by atoms with Gasteiger partial charge in [0.25, 0.3) is 5.91 Å². The van der Waals surface area contributed by atoms with Crippen molar-refractivity contribution in [3.63, 3.8) is 0 Å². The van der Waals surface area contributed by atoms with Crippen molar-refractivity contribution >= 4 is 35.1 Å². The molecule has 28 heavy (non-hydrogen) atoms. The molecule has 1 aliphatic heterocycles. The van der Waals surface area contributed by atoms with Crippen LogP contribution in [0.5, 0.6) is 0 Å². The maximum Gasteiger partial charge on any atom is 0.251 e. The van der Waals surface area contributed by atoms with Gasteiger partial charge < -0.3 is 10.2 Å². The molecule has 0 bridgehead atoms. The Balaban J connectivity index is 1.65. The summed E-state index contributed by atoms with van der Waals surface area (Å²) in [4.78, 5) is 23.7. The maximum absolute atomic E-state index is 12.5. The van der Waals surface area contributed by atoms with Crippen LogP contribution in [0.15, 0.2) is 35.5 Å². The molecular formula is C21H27ClN4OS. The minimum absolute atomic E-state index is 0.0385. The number of amides is 1. The zero-order valence-corrected chi connectivity index (χ0v) is 18.2. The highest BCUT2D eigenvalue weighted by atomic mass is 35.5. The van der Waals surface area contributed by atoms with E-state index in [9.17, 15) is 4.79 Å². The summed E-state index contributed by atoms with van der Waals surface area (Å²) in [6, 6.07) is 9.67. The van der Waals surface area contributed by atoms with Crippen LogP contribution in [0.2, 0.25) is 5.15 Å². The molecule has 5 nitrogen and oxygen atoms in total. The van der Waals surface area contributed by atoms with Gasteiger partial charge in [-0.25, -0.2) is 9.97 Å². The van der Waals surface area contributed by atoms with Gasteiger partial charge in [0.15, 0.2) is 5.16 Å². The summed E-state index contributed by atoms with van der Waals surface area (Å²) in [6.07, 6.45) is 2.38. The highest BCUT2D eigenvalue weighted by molar-refractivity contribution is 7.98. The molecule has 3 rings (SSSR count). The first-order valence-corrected chi connectivity index (χ1v) is 11.1. The average molecular weight is 419 g/mol. The molecule has 1 amide bonds. The van der Waals surface area contributed by atoms with E-state index in [0.717, 1.165) is 24.5 Å². The Bertz CT molecular complexity index is 824. The molecule has 1 fully saturated rings. The van der Waals surface area contributed by atoms with Crippen LogP contribution in [0.1, 0.15) is 49.5 Å². The predicted molar refractivity (Wildman–Crippen MR) is 116 cm³/mol. The Hall–Kier alpha value is -1.79. The second kappa shape index (κ2) is 9.61. The Labute approximate surface area is 176 Å². The van der Waals surface area contributed by atoms with Crippen molar-refractivity contribution in [3.8, 4) is 0 Å². The third-order valence-corrected chi connectivity index (χ3v) is 6.12. The summed E-state index contributed by atoms with van der Waals surface area (Å²) in [6.45, 7) is 8.25. The topological polar surface area (TPSA) is 58.1 Å². The summed E-state index contributed by atoms with van der Waals surface area (Å²) in [7, 11) is 0. The zero-order chi connectivity index (χ0) is 20.1. The first kappa shape index (κ1) is 20.9. The Morgan fingerprint density at radius 3 is 2.68 bits per heavy atom. The van der Waals surface area contributed by atoms with Gasteiger partial charge in [0.2, 0.25) is 0 Å². The highest BCUT2D eigenvalue weighted by Gasteiger charge is 2.16. The summed E-state index contributed by atoms with van der Waals surface area (Å²) < 4.78 is 0. The van der Waals surface area contributed by atoms with Crippen molar-refractivity contribution in [2.45, 2.75) is 50.6 Å². The fourth-order valence-electron chi connectivity index (χ4n) is 2.97. The zero-order valence-electron chi connectivity index (χ0n) is 16.6. The number of nitrogens with one attached hydrogen (secondary N) is 1. The number of aromatic nitrogens is 2. The van der Waals surface area contributed by atoms with E-state index in [-0.39, 0.29) is 11.9 Å². The van der Waals surface area contributed by atoms with Gasteiger partial charge in [-0.15, -0.1) is 0 Å². The molecule has 7 heteroatoms. The van der Waals surface area contributed by atoms with Crippen molar-refractivity contribution in [2.75, 3.05) is 18.0 Å². The maximum atomic E-state index is 12.5. The van der Waals surface area contributed by atoms with Gasteiger partial charge >= 0.3 is 0 Å². The van der Waals surface area contributed by atoms with Crippen LogP contribution >= 0.6 is 23.4 Å². The fourth-order valence-corrected chi connectivity index (χ4v) is 3.99. The van der Waals surface area contributed by atoms with Gasteiger partial charge in [-0.05, 0) is 43.4 Å². The number of hydrogen-bond donors (Lipinski definition) is 1. The van der Waals surface area contributed by atoms with Crippen molar-refractivity contribution in [3.05, 3.63) is 46.6 Å². The molecule has 150 valence electrons. The summed E-state index contributed by atoms with van der Waals surface area (Å²) in [5, 5.41) is 4.18. The number of hydrogen-bond acceptors (Lipinski definition) is 5. The third-order valence-electron chi connectivity index (χ3n) is 5.01. The normalized spacial score (nSPS) is 15.1. The number of carbonyl (C=O) groups excluding carboxylic acids is 1. The highest BCUT2D eigenvalue weighted by Crippen LogP contribution is 2.26. The molecule has 1 aliphatic rings. The largest absolute Gasteiger partial charge is 0.356 e. The number of halogens is 1. The fraction of sp³-hybridized carbons (Fsp3) is 0.476. The van der Waals surface area contributed by atoms with Crippen LogP contribution in [0.4, 0.5) is 5.82 Å². The first-order chi connectivity index (χ1) is 13.4. The van der Waals surface area contributed by atoms with E-state index in [2.05, 4.69) is 34.0 Å². The van der Waals surface area contributed by atoms with Crippen LogP contribution in [0.25, 0.3) is 0 Å². The van der Waals surface area contributed by atoms with E-state index in [1.165, 1.54) is 24.6 Å². The predicted octanol–water partition coefficient (Wildman–Crippen LogP) is 4.80. The molecule has 0 radical (unpaired) electrons. The molecule has 1 atom stereocenters. The van der Waals surface area contributed by atoms with E-state index in [1.54, 1.807) is 0 Å². The van der Waals surface area contributed by atoms with Crippen LogP contribution in [0, 0.1) is 5.92 Å². The van der Waals surface area contributed by atoms with Crippen molar-refractivity contribution in [1.82, 2.24) is 15.3 Å². The second-order valence-corrected chi connectivity index (χ2v) is 8.85. The Kier molecular flexibility index (Phi) is 7.18. The second-order valence-electron chi connectivity index (χ2n) is 7.52. The summed E-state index contributed by atoms with van der Waals surface area (Å²) in [5.74, 6) is 1.94. The summed E-state index contributed by atoms with van der Waals surface area (Å²) in [5.41, 5.74) is 1.73. The number of benzene rings is 1. The van der Waals surface area contributed by atoms with E-state index in [0.29, 0.717) is 27.5 Å². The Morgan fingerprint density at radius 1 is 1.21 bits per heavy atom. The lowest BCUT2D eigenvalue weighted by atomic mass is 10.1. The van der Waals surface area contributed by atoms with Gasteiger partial charge in [-0.1, -0.05) is 49.3 Å². The molecule has 0 aliphatic carbocycles. The smallest absolute Gasteiger partial charge is 0.251 e. The molecule has 2 heterocycles.